The lowest BCUT2D eigenvalue weighted by atomic mass is 9.86. The van der Waals surface area contributed by atoms with Crippen LogP contribution in [0.15, 0.2) is 42.5 Å². The Balaban J connectivity index is 0.000000339. The number of nitrogens with zero attached hydrogens (tertiary/aromatic N) is 1. The van der Waals surface area contributed by atoms with Gasteiger partial charge >= 0.3 is 0 Å². The van der Waals surface area contributed by atoms with E-state index in [9.17, 15) is 14.0 Å². The molecule has 2 heterocycles. The van der Waals surface area contributed by atoms with Crippen LogP contribution in [-0.4, -0.2) is 31.1 Å². The summed E-state index contributed by atoms with van der Waals surface area (Å²) in [6.45, 7) is 8.42. The van der Waals surface area contributed by atoms with Crippen molar-refractivity contribution in [3.63, 3.8) is 0 Å². The van der Waals surface area contributed by atoms with E-state index in [2.05, 4.69) is 16.1 Å². The van der Waals surface area contributed by atoms with E-state index >= 15 is 0 Å². The fraction of sp³-hybridized carbons (Fsp3) is 0.440. The number of benzene rings is 2. The summed E-state index contributed by atoms with van der Waals surface area (Å²) in [5.41, 5.74) is 4.00. The average molecular weight is 427 g/mol. The van der Waals surface area contributed by atoms with E-state index in [0.29, 0.717) is 25.4 Å². The Kier molecular flexibility index (Phi) is 7.44. The summed E-state index contributed by atoms with van der Waals surface area (Å²) in [6.07, 6.45) is 2.70. The van der Waals surface area contributed by atoms with Crippen molar-refractivity contribution in [2.75, 3.05) is 18.0 Å². The standard InChI is InChI=1S/C20H21FN2O.C5H10O2/c21-16-4-1-3-14(11-16)13-23-19-6-2-5-17(18(19)12-20(23)24)15-7-9-22-10-8-15;1-5(2,3)7-4-6/h1-6,11,15,22H,7-10,12-13H2;4H,1-3H3. The Morgan fingerprint density at radius 2 is 1.87 bits per heavy atom. The number of hydrogen-bond acceptors (Lipinski definition) is 4. The van der Waals surface area contributed by atoms with Gasteiger partial charge in [0.1, 0.15) is 11.4 Å². The summed E-state index contributed by atoms with van der Waals surface area (Å²) in [4.78, 5) is 24.0. The zero-order valence-corrected chi connectivity index (χ0v) is 18.5. The molecule has 0 aromatic heterocycles. The average Bonchev–Trinajstić information content (AvgIpc) is 3.04. The van der Waals surface area contributed by atoms with Crippen molar-refractivity contribution >= 4 is 18.1 Å². The summed E-state index contributed by atoms with van der Waals surface area (Å²) in [5, 5.41) is 3.39. The van der Waals surface area contributed by atoms with Crippen molar-refractivity contribution in [2.24, 2.45) is 0 Å². The molecule has 0 unspecified atom stereocenters. The zero-order valence-electron chi connectivity index (χ0n) is 18.5. The second-order valence-corrected chi connectivity index (χ2v) is 8.98. The van der Waals surface area contributed by atoms with Crippen LogP contribution in [0.3, 0.4) is 0 Å². The molecule has 0 spiro atoms. The number of nitrogens with one attached hydrogen (secondary N) is 1. The fourth-order valence-electron chi connectivity index (χ4n) is 4.07. The molecule has 6 heteroatoms. The predicted molar refractivity (Wildman–Crippen MR) is 119 cm³/mol. The van der Waals surface area contributed by atoms with Gasteiger partial charge in [0.2, 0.25) is 5.91 Å². The summed E-state index contributed by atoms with van der Waals surface area (Å²) in [6, 6.07) is 12.7. The highest BCUT2D eigenvalue weighted by atomic mass is 19.1. The highest BCUT2D eigenvalue weighted by Gasteiger charge is 2.31. The minimum Gasteiger partial charge on any atom is -0.462 e. The third-order valence-corrected chi connectivity index (χ3v) is 5.52. The zero-order chi connectivity index (χ0) is 22.4. The first-order valence-electron chi connectivity index (χ1n) is 10.8. The summed E-state index contributed by atoms with van der Waals surface area (Å²) >= 11 is 0. The second kappa shape index (κ2) is 10.1. The van der Waals surface area contributed by atoms with E-state index in [1.165, 1.54) is 23.3 Å². The summed E-state index contributed by atoms with van der Waals surface area (Å²) in [7, 11) is 0. The molecule has 1 fully saturated rings. The molecule has 1 amide bonds. The smallest absolute Gasteiger partial charge is 0.293 e. The van der Waals surface area contributed by atoms with E-state index in [0.717, 1.165) is 37.2 Å². The van der Waals surface area contributed by atoms with Gasteiger partial charge in [-0.1, -0.05) is 24.3 Å². The maximum atomic E-state index is 13.4. The van der Waals surface area contributed by atoms with Crippen molar-refractivity contribution < 1.29 is 18.7 Å². The van der Waals surface area contributed by atoms with Crippen LogP contribution in [0.4, 0.5) is 10.1 Å². The van der Waals surface area contributed by atoms with Gasteiger partial charge in [-0.05, 0) is 87.5 Å². The molecule has 4 rings (SSSR count). The molecule has 2 aliphatic heterocycles. The first kappa shape index (κ1) is 22.9. The Bertz CT molecular complexity index is 917. The molecule has 0 radical (unpaired) electrons. The monoisotopic (exact) mass is 426 g/mol. The lowest BCUT2D eigenvalue weighted by Gasteiger charge is -2.25. The van der Waals surface area contributed by atoms with Crippen molar-refractivity contribution in [3.05, 3.63) is 65.0 Å². The number of hydrogen-bond donors (Lipinski definition) is 1. The van der Waals surface area contributed by atoms with Gasteiger partial charge in [0.05, 0.1) is 13.0 Å². The van der Waals surface area contributed by atoms with Gasteiger partial charge in [0.15, 0.2) is 0 Å². The van der Waals surface area contributed by atoms with Crippen molar-refractivity contribution in [1.82, 2.24) is 5.32 Å². The van der Waals surface area contributed by atoms with E-state index in [-0.39, 0.29) is 17.3 Å². The number of ether oxygens (including phenoxy) is 1. The molecule has 1 N–H and O–H groups in total. The molecule has 0 bridgehead atoms. The quantitative estimate of drug-likeness (QED) is 0.739. The van der Waals surface area contributed by atoms with Gasteiger partial charge in [-0.25, -0.2) is 4.39 Å². The van der Waals surface area contributed by atoms with Crippen LogP contribution in [0.25, 0.3) is 0 Å². The topological polar surface area (TPSA) is 58.6 Å². The molecule has 2 aromatic rings. The van der Waals surface area contributed by atoms with Gasteiger partial charge in [-0.15, -0.1) is 0 Å². The highest BCUT2D eigenvalue weighted by molar-refractivity contribution is 6.01. The van der Waals surface area contributed by atoms with Gasteiger partial charge < -0.3 is 15.0 Å². The number of anilines is 1. The first-order chi connectivity index (χ1) is 14.8. The Labute approximate surface area is 183 Å². The minimum atomic E-state index is -0.318. The van der Waals surface area contributed by atoms with Crippen LogP contribution in [-0.2, 0) is 27.3 Å². The molecular formula is C25H31FN2O3. The Morgan fingerprint density at radius 3 is 2.48 bits per heavy atom. The predicted octanol–water partition coefficient (Wildman–Crippen LogP) is 4.34. The Morgan fingerprint density at radius 1 is 1.16 bits per heavy atom. The summed E-state index contributed by atoms with van der Waals surface area (Å²) < 4.78 is 18.0. The van der Waals surface area contributed by atoms with E-state index in [1.54, 1.807) is 11.0 Å². The third kappa shape index (κ3) is 6.14. The molecule has 0 atom stereocenters. The molecule has 5 nitrogen and oxygen atoms in total. The molecule has 2 aliphatic rings. The number of rotatable bonds is 4. The number of carbonyl (C=O) groups is 2. The van der Waals surface area contributed by atoms with Gasteiger partial charge in [-0.3, -0.25) is 9.59 Å². The van der Waals surface area contributed by atoms with Crippen LogP contribution >= 0.6 is 0 Å². The SMILES string of the molecule is CC(C)(C)OC=O.O=C1Cc2c(C3CCNCC3)cccc2N1Cc1cccc(F)c1. The normalized spacial score (nSPS) is 16.4. The van der Waals surface area contributed by atoms with E-state index in [1.807, 2.05) is 39.0 Å². The van der Waals surface area contributed by atoms with E-state index in [4.69, 9.17) is 0 Å². The lowest BCUT2D eigenvalue weighted by molar-refractivity contribution is -0.138. The Hall–Kier alpha value is -2.73. The molecule has 166 valence electrons. The van der Waals surface area contributed by atoms with Gasteiger partial charge in [-0.2, -0.15) is 0 Å². The van der Waals surface area contributed by atoms with Crippen LogP contribution < -0.4 is 10.2 Å². The molecule has 0 saturated carbocycles. The molecule has 31 heavy (non-hydrogen) atoms. The second-order valence-electron chi connectivity index (χ2n) is 8.98. The minimum absolute atomic E-state index is 0.107. The molecule has 2 aromatic carbocycles. The van der Waals surface area contributed by atoms with Crippen molar-refractivity contribution in [2.45, 2.75) is 58.1 Å². The molecule has 0 aliphatic carbocycles. The highest BCUT2D eigenvalue weighted by Crippen LogP contribution is 2.38. The van der Waals surface area contributed by atoms with Crippen LogP contribution in [0.1, 0.15) is 56.2 Å². The van der Waals surface area contributed by atoms with Crippen LogP contribution in [0.5, 0.6) is 0 Å². The van der Waals surface area contributed by atoms with E-state index < -0.39 is 0 Å². The molecular weight excluding hydrogens is 395 g/mol. The van der Waals surface area contributed by atoms with Crippen molar-refractivity contribution in [1.29, 1.82) is 0 Å². The fourth-order valence-corrected chi connectivity index (χ4v) is 4.07. The van der Waals surface area contributed by atoms with Gasteiger partial charge in [0.25, 0.3) is 6.47 Å². The number of fused-ring (bicyclic) bond motifs is 1. The van der Waals surface area contributed by atoms with Gasteiger partial charge in [0, 0.05) is 5.69 Å². The third-order valence-electron chi connectivity index (χ3n) is 5.52. The maximum Gasteiger partial charge on any atom is 0.293 e. The van der Waals surface area contributed by atoms with Crippen LogP contribution in [0.2, 0.25) is 0 Å². The lowest BCUT2D eigenvalue weighted by Crippen LogP contribution is -2.27. The first-order valence-corrected chi connectivity index (χ1v) is 10.8. The molecule has 1 saturated heterocycles. The number of carbonyl (C=O) groups excluding carboxylic acids is 2. The van der Waals surface area contributed by atoms with Crippen molar-refractivity contribution in [3.8, 4) is 0 Å². The number of amides is 1. The maximum absolute atomic E-state index is 13.4. The largest absolute Gasteiger partial charge is 0.462 e. The van der Waals surface area contributed by atoms with Crippen LogP contribution in [0, 0.1) is 5.82 Å². The number of halogens is 1. The number of piperidine rings is 1. The summed E-state index contributed by atoms with van der Waals surface area (Å²) in [5.74, 6) is 0.376.